The lowest BCUT2D eigenvalue weighted by molar-refractivity contribution is -0.399. The number of hydrogen-bond donors (Lipinski definition) is 0. The zero-order valence-electron chi connectivity index (χ0n) is 22.2. The van der Waals surface area contributed by atoms with Crippen LogP contribution in [0.15, 0.2) is 103 Å². The minimum absolute atomic E-state index is 0.295. The van der Waals surface area contributed by atoms with E-state index in [9.17, 15) is 39.5 Å². The first-order valence-corrected chi connectivity index (χ1v) is 13.1. The molecule has 0 amide bonds. The number of fused-ring (bicyclic) bond motifs is 1. The van der Waals surface area contributed by atoms with Crippen molar-refractivity contribution in [3.8, 4) is 5.75 Å². The molecular weight excluding hydrogens is 583 g/mol. The number of halogens is 9. The smallest absolute Gasteiger partial charge is 0.460 e. The molecule has 1 nitrogen and oxygen atoms in total. The zero-order valence-corrected chi connectivity index (χ0v) is 22.2. The Labute approximate surface area is 241 Å². The number of hydrogen-bond acceptors (Lipinski definition) is 1. The molecule has 0 unspecified atom stereocenters. The Balaban J connectivity index is 1.53. The number of rotatable bonds is 8. The van der Waals surface area contributed by atoms with Gasteiger partial charge in [-0.15, -0.1) is 0 Å². The highest BCUT2D eigenvalue weighted by Crippen LogP contribution is 2.56. The van der Waals surface area contributed by atoms with Gasteiger partial charge in [0.05, 0.1) is 0 Å². The SMILES string of the molecule is FC(F)(F)C(F)(F)C(F)(F)C(F)(F)c1ccc(C2=C(c3ccccc3)CCc3cc(OCc4ccccc4)ccc32)cc1. The normalized spacial score (nSPS) is 14.4. The summed E-state index contributed by atoms with van der Waals surface area (Å²) in [5.41, 5.74) is 3.39. The van der Waals surface area contributed by atoms with E-state index in [2.05, 4.69) is 0 Å². The predicted molar refractivity (Wildman–Crippen MR) is 144 cm³/mol. The van der Waals surface area contributed by atoms with Crippen molar-refractivity contribution in [2.24, 2.45) is 0 Å². The van der Waals surface area contributed by atoms with Crippen LogP contribution in [0.5, 0.6) is 5.75 Å². The topological polar surface area (TPSA) is 9.23 Å². The predicted octanol–water partition coefficient (Wildman–Crippen LogP) is 10.1. The van der Waals surface area contributed by atoms with Crippen molar-refractivity contribution in [2.75, 3.05) is 0 Å². The van der Waals surface area contributed by atoms with Crippen LogP contribution >= 0.6 is 0 Å². The van der Waals surface area contributed by atoms with Gasteiger partial charge in [-0.1, -0.05) is 91.0 Å². The molecule has 224 valence electrons. The van der Waals surface area contributed by atoms with Gasteiger partial charge in [0.25, 0.3) is 0 Å². The van der Waals surface area contributed by atoms with Gasteiger partial charge in [0, 0.05) is 5.56 Å². The lowest BCUT2D eigenvalue weighted by atomic mass is 9.79. The van der Waals surface area contributed by atoms with E-state index in [-0.39, 0.29) is 0 Å². The van der Waals surface area contributed by atoms with Gasteiger partial charge in [0.2, 0.25) is 0 Å². The molecule has 0 atom stereocenters. The first-order chi connectivity index (χ1) is 20.2. The second-order valence-corrected chi connectivity index (χ2v) is 10.1. The minimum atomic E-state index is -6.96. The summed E-state index contributed by atoms with van der Waals surface area (Å²) in [6.45, 7) is 0.325. The monoisotopic (exact) mass is 606 g/mol. The molecule has 43 heavy (non-hydrogen) atoms. The van der Waals surface area contributed by atoms with Gasteiger partial charge in [-0.2, -0.15) is 39.5 Å². The fourth-order valence-electron chi connectivity index (χ4n) is 5.06. The summed E-state index contributed by atoms with van der Waals surface area (Å²) in [4.78, 5) is 0. The van der Waals surface area contributed by atoms with Crippen molar-refractivity contribution < 1.29 is 44.3 Å². The molecule has 0 bridgehead atoms. The van der Waals surface area contributed by atoms with Gasteiger partial charge in [-0.05, 0) is 63.9 Å². The minimum Gasteiger partial charge on any atom is -0.489 e. The summed E-state index contributed by atoms with van der Waals surface area (Å²) >= 11 is 0. The van der Waals surface area contributed by atoms with Crippen LogP contribution in [-0.4, -0.2) is 18.0 Å². The summed E-state index contributed by atoms with van der Waals surface area (Å²) in [5, 5.41) is 0. The second-order valence-electron chi connectivity index (χ2n) is 10.1. The average Bonchev–Trinajstić information content (AvgIpc) is 2.99. The Morgan fingerprint density at radius 3 is 1.79 bits per heavy atom. The third-order valence-electron chi connectivity index (χ3n) is 7.34. The molecule has 0 saturated carbocycles. The Bertz CT molecular complexity index is 1610. The van der Waals surface area contributed by atoms with Gasteiger partial charge in [0.15, 0.2) is 0 Å². The van der Waals surface area contributed by atoms with Crippen LogP contribution in [0.25, 0.3) is 11.1 Å². The molecule has 4 aromatic carbocycles. The van der Waals surface area contributed by atoms with Crippen LogP contribution in [0.3, 0.4) is 0 Å². The van der Waals surface area contributed by atoms with Crippen LogP contribution in [0.2, 0.25) is 0 Å². The summed E-state index contributed by atoms with van der Waals surface area (Å²) in [6, 6.07) is 26.9. The highest BCUT2D eigenvalue weighted by molar-refractivity contribution is 6.00. The molecule has 5 rings (SSSR count). The lowest BCUT2D eigenvalue weighted by Crippen LogP contribution is -2.59. The third kappa shape index (κ3) is 5.50. The zero-order chi connectivity index (χ0) is 31.0. The third-order valence-corrected chi connectivity index (χ3v) is 7.34. The van der Waals surface area contributed by atoms with Crippen molar-refractivity contribution in [2.45, 2.75) is 43.4 Å². The maximum absolute atomic E-state index is 14.6. The summed E-state index contributed by atoms with van der Waals surface area (Å²) in [6.07, 6.45) is -5.77. The van der Waals surface area contributed by atoms with E-state index in [1.807, 2.05) is 66.7 Å². The molecule has 10 heteroatoms. The van der Waals surface area contributed by atoms with Gasteiger partial charge in [0.1, 0.15) is 12.4 Å². The van der Waals surface area contributed by atoms with E-state index in [0.717, 1.165) is 34.4 Å². The molecular formula is C33H23F9O. The maximum Gasteiger partial charge on any atom is 0.460 e. The van der Waals surface area contributed by atoms with Crippen molar-refractivity contribution in [1.82, 2.24) is 0 Å². The van der Waals surface area contributed by atoms with Crippen molar-refractivity contribution >= 4 is 11.1 Å². The van der Waals surface area contributed by atoms with Crippen LogP contribution in [0.1, 0.15) is 39.8 Å². The van der Waals surface area contributed by atoms with E-state index < -0.39 is 29.5 Å². The fraction of sp³-hybridized carbons (Fsp3) is 0.212. The van der Waals surface area contributed by atoms with Gasteiger partial charge < -0.3 is 4.74 Å². The van der Waals surface area contributed by atoms with Crippen LogP contribution in [-0.2, 0) is 19.0 Å². The molecule has 0 aliphatic heterocycles. The molecule has 1 aliphatic carbocycles. The molecule has 0 radical (unpaired) electrons. The molecule has 0 saturated heterocycles. The molecule has 0 aromatic heterocycles. The number of aryl methyl sites for hydroxylation is 1. The fourth-order valence-corrected chi connectivity index (χ4v) is 5.06. The summed E-state index contributed by atoms with van der Waals surface area (Å²) < 4.78 is 128. The Hall–Kier alpha value is -4.21. The first kappa shape index (κ1) is 30.3. The quantitative estimate of drug-likeness (QED) is 0.182. The Kier molecular flexibility index (Phi) is 7.83. The molecule has 0 spiro atoms. The molecule has 4 aromatic rings. The van der Waals surface area contributed by atoms with Crippen molar-refractivity contribution in [1.29, 1.82) is 0 Å². The molecule has 0 fully saturated rings. The average molecular weight is 607 g/mol. The molecule has 1 aliphatic rings. The first-order valence-electron chi connectivity index (χ1n) is 13.1. The number of alkyl halides is 9. The standard InChI is InChI=1S/C33H23F9O/c34-30(35,31(36,37)32(38,39)33(40,41)42)25-14-11-23(12-15-25)29-27(22-9-5-2-6-10-22)17-13-24-19-26(16-18-28(24)29)43-20-21-7-3-1-4-8-21/h1-12,14-16,18-19H,13,17,20H2. The van der Waals surface area contributed by atoms with E-state index >= 15 is 0 Å². The van der Waals surface area contributed by atoms with Crippen molar-refractivity contribution in [3.05, 3.63) is 137 Å². The van der Waals surface area contributed by atoms with Crippen LogP contribution in [0.4, 0.5) is 39.5 Å². The Morgan fingerprint density at radius 2 is 1.19 bits per heavy atom. The van der Waals surface area contributed by atoms with Gasteiger partial charge in [-0.3, -0.25) is 0 Å². The molecule has 0 heterocycles. The van der Waals surface area contributed by atoms with E-state index in [1.165, 1.54) is 0 Å². The highest BCUT2D eigenvalue weighted by atomic mass is 19.4. The van der Waals surface area contributed by atoms with Crippen LogP contribution < -0.4 is 4.74 Å². The summed E-state index contributed by atoms with van der Waals surface area (Å²) in [7, 11) is 0. The van der Waals surface area contributed by atoms with Crippen LogP contribution in [0, 0.1) is 0 Å². The van der Waals surface area contributed by atoms with E-state index in [4.69, 9.17) is 4.74 Å². The Morgan fingerprint density at radius 1 is 0.581 bits per heavy atom. The van der Waals surface area contributed by atoms with Gasteiger partial charge >= 0.3 is 23.9 Å². The maximum atomic E-state index is 14.6. The number of benzene rings is 4. The lowest BCUT2D eigenvalue weighted by Gasteiger charge is -2.34. The number of ether oxygens (including phenoxy) is 1. The number of allylic oxidation sites excluding steroid dienone is 1. The second kappa shape index (κ2) is 11.1. The van der Waals surface area contributed by atoms with E-state index in [0.29, 0.717) is 54.0 Å². The van der Waals surface area contributed by atoms with Gasteiger partial charge in [-0.25, -0.2) is 0 Å². The molecule has 0 N–H and O–H groups in total. The summed E-state index contributed by atoms with van der Waals surface area (Å²) in [5.74, 6) is -18.9. The van der Waals surface area contributed by atoms with E-state index in [1.54, 1.807) is 12.1 Å². The van der Waals surface area contributed by atoms with Crippen molar-refractivity contribution in [3.63, 3.8) is 0 Å². The highest BCUT2D eigenvalue weighted by Gasteiger charge is 2.82. The largest absolute Gasteiger partial charge is 0.489 e.